The summed E-state index contributed by atoms with van der Waals surface area (Å²) in [4.78, 5) is 36.3. The lowest BCUT2D eigenvalue weighted by Crippen LogP contribution is -2.23. The standard InChI is InChI=1S/C21H17FN2O3/c1-14(25)17-7-3-5-9-19(17)23-21(27)16-10-11-20(26)24(13-16)12-15-6-2-4-8-18(15)22/h2-11,13H,12H2,1H3,(H,23,27). The van der Waals surface area contributed by atoms with Crippen molar-refractivity contribution in [3.63, 3.8) is 0 Å². The van der Waals surface area contributed by atoms with Crippen LogP contribution in [0.25, 0.3) is 0 Å². The van der Waals surface area contributed by atoms with Crippen LogP contribution in [0.1, 0.15) is 33.2 Å². The van der Waals surface area contributed by atoms with Crippen LogP contribution >= 0.6 is 0 Å². The lowest BCUT2D eigenvalue weighted by Gasteiger charge is -2.11. The minimum Gasteiger partial charge on any atom is -0.321 e. The van der Waals surface area contributed by atoms with E-state index in [9.17, 15) is 18.8 Å². The lowest BCUT2D eigenvalue weighted by atomic mass is 10.1. The van der Waals surface area contributed by atoms with Crippen LogP contribution in [0.5, 0.6) is 0 Å². The zero-order valence-corrected chi connectivity index (χ0v) is 14.6. The number of hydrogen-bond acceptors (Lipinski definition) is 3. The first kappa shape index (κ1) is 18.3. The van der Waals surface area contributed by atoms with Gasteiger partial charge in [-0.05, 0) is 31.2 Å². The summed E-state index contributed by atoms with van der Waals surface area (Å²) >= 11 is 0. The molecule has 3 rings (SSSR count). The van der Waals surface area contributed by atoms with Crippen LogP contribution in [0, 0.1) is 5.82 Å². The van der Waals surface area contributed by atoms with Crippen LogP contribution in [0.4, 0.5) is 10.1 Å². The minimum atomic E-state index is -0.467. The van der Waals surface area contributed by atoms with Gasteiger partial charge in [-0.3, -0.25) is 14.4 Å². The monoisotopic (exact) mass is 364 g/mol. The molecule has 1 aromatic heterocycles. The number of aromatic nitrogens is 1. The number of pyridine rings is 1. The van der Waals surface area contributed by atoms with Crippen LogP contribution < -0.4 is 10.9 Å². The van der Waals surface area contributed by atoms with Crippen LogP contribution in [-0.2, 0) is 6.54 Å². The Morgan fingerprint density at radius 3 is 2.44 bits per heavy atom. The average molecular weight is 364 g/mol. The van der Waals surface area contributed by atoms with E-state index in [1.54, 1.807) is 42.5 Å². The third-order valence-electron chi connectivity index (χ3n) is 4.10. The SMILES string of the molecule is CC(=O)c1ccccc1NC(=O)c1ccc(=O)n(Cc2ccccc2F)c1. The molecule has 1 N–H and O–H groups in total. The molecule has 0 saturated carbocycles. The van der Waals surface area contributed by atoms with Crippen molar-refractivity contribution in [2.75, 3.05) is 5.32 Å². The molecule has 0 bridgehead atoms. The first-order valence-corrected chi connectivity index (χ1v) is 8.31. The number of para-hydroxylation sites is 1. The number of carbonyl (C=O) groups is 2. The third-order valence-corrected chi connectivity index (χ3v) is 4.10. The summed E-state index contributed by atoms with van der Waals surface area (Å²) in [7, 11) is 0. The molecular formula is C21H17FN2O3. The van der Waals surface area contributed by atoms with Gasteiger partial charge in [-0.15, -0.1) is 0 Å². The summed E-state index contributed by atoms with van der Waals surface area (Å²) in [6.45, 7) is 1.43. The van der Waals surface area contributed by atoms with Crippen LogP contribution in [-0.4, -0.2) is 16.3 Å². The fraction of sp³-hybridized carbons (Fsp3) is 0.0952. The number of ketones is 1. The van der Waals surface area contributed by atoms with Gasteiger partial charge >= 0.3 is 0 Å². The predicted octanol–water partition coefficient (Wildman–Crippen LogP) is 3.49. The van der Waals surface area contributed by atoms with Crippen LogP contribution in [0.15, 0.2) is 71.7 Å². The van der Waals surface area contributed by atoms with Gasteiger partial charge in [0, 0.05) is 23.4 Å². The number of Topliss-reactive ketones (excluding diaryl/α,β-unsaturated/α-hetero) is 1. The third kappa shape index (κ3) is 4.17. The molecule has 136 valence electrons. The van der Waals surface area contributed by atoms with Gasteiger partial charge in [-0.25, -0.2) is 4.39 Å². The molecule has 1 amide bonds. The molecule has 0 fully saturated rings. The number of rotatable bonds is 5. The highest BCUT2D eigenvalue weighted by Crippen LogP contribution is 2.17. The van der Waals surface area contributed by atoms with E-state index in [0.717, 1.165) is 0 Å². The molecule has 1 heterocycles. The summed E-state index contributed by atoms with van der Waals surface area (Å²) in [5, 5.41) is 2.68. The Morgan fingerprint density at radius 2 is 1.70 bits per heavy atom. The summed E-state index contributed by atoms with van der Waals surface area (Å²) in [6, 6.07) is 15.5. The Bertz CT molecular complexity index is 1070. The number of benzene rings is 2. The van der Waals surface area contributed by atoms with E-state index in [4.69, 9.17) is 0 Å². The minimum absolute atomic E-state index is 0.0106. The quantitative estimate of drug-likeness (QED) is 0.705. The van der Waals surface area contributed by atoms with Gasteiger partial charge in [-0.2, -0.15) is 0 Å². The topological polar surface area (TPSA) is 68.2 Å². The Hall–Kier alpha value is -3.54. The fourth-order valence-corrected chi connectivity index (χ4v) is 2.69. The molecule has 6 heteroatoms. The zero-order valence-electron chi connectivity index (χ0n) is 14.6. The predicted molar refractivity (Wildman–Crippen MR) is 101 cm³/mol. The molecule has 0 spiro atoms. The van der Waals surface area contributed by atoms with Crippen molar-refractivity contribution in [2.24, 2.45) is 0 Å². The molecule has 0 saturated heterocycles. The molecule has 0 atom stereocenters. The molecule has 0 aliphatic heterocycles. The number of nitrogens with zero attached hydrogens (tertiary/aromatic N) is 1. The van der Waals surface area contributed by atoms with E-state index in [1.807, 2.05) is 0 Å². The Kier molecular flexibility index (Phi) is 5.26. The molecule has 2 aromatic carbocycles. The van der Waals surface area contributed by atoms with Gasteiger partial charge in [0.2, 0.25) is 0 Å². The van der Waals surface area contributed by atoms with E-state index >= 15 is 0 Å². The smallest absolute Gasteiger partial charge is 0.257 e. The molecule has 27 heavy (non-hydrogen) atoms. The maximum absolute atomic E-state index is 13.8. The second-order valence-corrected chi connectivity index (χ2v) is 6.03. The van der Waals surface area contributed by atoms with Crippen molar-refractivity contribution < 1.29 is 14.0 Å². The maximum Gasteiger partial charge on any atom is 0.257 e. The zero-order chi connectivity index (χ0) is 19.4. The van der Waals surface area contributed by atoms with Crippen molar-refractivity contribution in [1.29, 1.82) is 0 Å². The van der Waals surface area contributed by atoms with Gasteiger partial charge in [0.05, 0.1) is 17.8 Å². The average Bonchev–Trinajstić information content (AvgIpc) is 2.65. The van der Waals surface area contributed by atoms with Crippen molar-refractivity contribution in [3.8, 4) is 0 Å². The molecule has 0 unspecified atom stereocenters. The molecule has 3 aromatic rings. The second kappa shape index (κ2) is 7.78. The number of hydrogen-bond donors (Lipinski definition) is 1. The van der Waals surface area contributed by atoms with E-state index in [1.165, 1.54) is 35.9 Å². The van der Waals surface area contributed by atoms with Crippen LogP contribution in [0.2, 0.25) is 0 Å². The Morgan fingerprint density at radius 1 is 1.00 bits per heavy atom. The Labute approximate surface area is 155 Å². The first-order valence-electron chi connectivity index (χ1n) is 8.31. The molecule has 0 radical (unpaired) electrons. The summed E-state index contributed by atoms with van der Waals surface area (Å²) < 4.78 is 15.1. The molecule has 0 aliphatic rings. The van der Waals surface area contributed by atoms with E-state index in [2.05, 4.69) is 5.32 Å². The van der Waals surface area contributed by atoms with Crippen molar-refractivity contribution in [1.82, 2.24) is 4.57 Å². The highest BCUT2D eigenvalue weighted by Gasteiger charge is 2.13. The summed E-state index contributed by atoms with van der Waals surface area (Å²) in [5.74, 6) is -1.06. The van der Waals surface area contributed by atoms with E-state index in [-0.39, 0.29) is 23.5 Å². The van der Waals surface area contributed by atoms with Crippen LogP contribution in [0.3, 0.4) is 0 Å². The van der Waals surface area contributed by atoms with Gasteiger partial charge in [0.25, 0.3) is 11.5 Å². The molecular weight excluding hydrogens is 347 g/mol. The largest absolute Gasteiger partial charge is 0.321 e. The maximum atomic E-state index is 13.8. The second-order valence-electron chi connectivity index (χ2n) is 6.03. The lowest BCUT2D eigenvalue weighted by molar-refractivity contribution is 0.101. The highest BCUT2D eigenvalue weighted by atomic mass is 19.1. The van der Waals surface area contributed by atoms with E-state index < -0.39 is 11.7 Å². The van der Waals surface area contributed by atoms with Crippen molar-refractivity contribution in [2.45, 2.75) is 13.5 Å². The number of nitrogens with one attached hydrogen (secondary N) is 1. The summed E-state index contributed by atoms with van der Waals surface area (Å²) in [5.41, 5.74) is 1.01. The normalized spacial score (nSPS) is 10.4. The molecule has 0 aliphatic carbocycles. The number of carbonyl (C=O) groups excluding carboxylic acids is 2. The van der Waals surface area contributed by atoms with Crippen molar-refractivity contribution >= 4 is 17.4 Å². The Balaban J connectivity index is 1.88. The highest BCUT2D eigenvalue weighted by molar-refractivity contribution is 6.08. The van der Waals surface area contributed by atoms with Gasteiger partial charge in [0.15, 0.2) is 5.78 Å². The van der Waals surface area contributed by atoms with Crippen molar-refractivity contribution in [3.05, 3.63) is 99.7 Å². The summed E-state index contributed by atoms with van der Waals surface area (Å²) in [6.07, 6.45) is 1.38. The van der Waals surface area contributed by atoms with Gasteiger partial charge in [0.1, 0.15) is 5.82 Å². The molecule has 5 nitrogen and oxygen atoms in total. The first-order chi connectivity index (χ1) is 13.0. The fourth-order valence-electron chi connectivity index (χ4n) is 2.69. The number of amides is 1. The van der Waals surface area contributed by atoms with Gasteiger partial charge in [-0.1, -0.05) is 30.3 Å². The van der Waals surface area contributed by atoms with E-state index in [0.29, 0.717) is 16.8 Å². The van der Waals surface area contributed by atoms with Gasteiger partial charge < -0.3 is 9.88 Å². The number of halogens is 1. The number of anilines is 1.